The molecule has 1 aromatic carbocycles. The van der Waals surface area contributed by atoms with Gasteiger partial charge in [-0.05, 0) is 45.0 Å². The summed E-state index contributed by atoms with van der Waals surface area (Å²) in [4.78, 5) is 34.4. The number of rotatable bonds is 2. The van der Waals surface area contributed by atoms with E-state index in [4.69, 9.17) is 4.74 Å². The topological polar surface area (TPSA) is 93.7 Å². The van der Waals surface area contributed by atoms with Crippen molar-refractivity contribution in [3.05, 3.63) is 35.4 Å². The van der Waals surface area contributed by atoms with Crippen molar-refractivity contribution in [3.63, 3.8) is 0 Å². The first-order valence-electron chi connectivity index (χ1n) is 6.20. The van der Waals surface area contributed by atoms with Crippen LogP contribution in [0.1, 0.15) is 41.5 Å². The second kappa shape index (κ2) is 6.74. The van der Waals surface area contributed by atoms with Gasteiger partial charge in [0, 0.05) is 5.56 Å². The molecule has 1 rings (SSSR count). The molecular weight excluding hydrogens is 276 g/mol. The first kappa shape index (κ1) is 16.5. The lowest BCUT2D eigenvalue weighted by Crippen LogP contribution is -2.44. The lowest BCUT2D eigenvalue weighted by molar-refractivity contribution is 0.0483. The van der Waals surface area contributed by atoms with E-state index in [1.165, 1.54) is 31.4 Å². The number of nitrogens with one attached hydrogen (secondary N) is 2. The highest BCUT2D eigenvalue weighted by molar-refractivity contribution is 5.96. The second-order valence-electron chi connectivity index (χ2n) is 5.15. The van der Waals surface area contributed by atoms with Gasteiger partial charge < -0.3 is 9.47 Å². The van der Waals surface area contributed by atoms with Crippen LogP contribution in [0.3, 0.4) is 0 Å². The number of esters is 1. The van der Waals surface area contributed by atoms with Crippen LogP contribution in [0.15, 0.2) is 24.3 Å². The number of ether oxygens (including phenoxy) is 2. The molecular formula is C14H18N2O5. The van der Waals surface area contributed by atoms with Gasteiger partial charge in [-0.15, -0.1) is 0 Å². The van der Waals surface area contributed by atoms with Crippen molar-refractivity contribution in [1.82, 2.24) is 10.9 Å². The van der Waals surface area contributed by atoms with Gasteiger partial charge in [0.15, 0.2) is 0 Å². The number of hydrogen-bond acceptors (Lipinski definition) is 5. The second-order valence-corrected chi connectivity index (χ2v) is 5.15. The first-order valence-corrected chi connectivity index (χ1v) is 6.20. The summed E-state index contributed by atoms with van der Waals surface area (Å²) >= 11 is 0. The molecule has 0 heterocycles. The fourth-order valence-corrected chi connectivity index (χ4v) is 1.36. The van der Waals surface area contributed by atoms with Crippen molar-refractivity contribution in [1.29, 1.82) is 0 Å². The average Bonchev–Trinajstić information content (AvgIpc) is 2.42. The summed E-state index contributed by atoms with van der Waals surface area (Å²) in [5.74, 6) is -1.02. The average molecular weight is 294 g/mol. The van der Waals surface area contributed by atoms with Gasteiger partial charge in [-0.25, -0.2) is 15.0 Å². The molecule has 7 nitrogen and oxygen atoms in total. The van der Waals surface area contributed by atoms with Crippen molar-refractivity contribution in [2.45, 2.75) is 26.4 Å². The van der Waals surface area contributed by atoms with E-state index in [1.54, 1.807) is 20.8 Å². The summed E-state index contributed by atoms with van der Waals surface area (Å²) in [6.07, 6.45) is -0.762. The molecule has 0 unspecified atom stereocenters. The summed E-state index contributed by atoms with van der Waals surface area (Å²) in [6.45, 7) is 5.12. The lowest BCUT2D eigenvalue weighted by atomic mass is 10.1. The van der Waals surface area contributed by atoms with Crippen LogP contribution < -0.4 is 10.9 Å². The Morgan fingerprint density at radius 3 is 1.95 bits per heavy atom. The molecule has 0 aliphatic rings. The Kier molecular flexibility index (Phi) is 5.29. The molecule has 0 aliphatic carbocycles. The maximum Gasteiger partial charge on any atom is 0.426 e. The van der Waals surface area contributed by atoms with Crippen molar-refractivity contribution >= 4 is 18.0 Å². The maximum atomic E-state index is 11.8. The first-order chi connectivity index (χ1) is 9.73. The van der Waals surface area contributed by atoms with Crippen LogP contribution >= 0.6 is 0 Å². The Labute approximate surface area is 122 Å². The van der Waals surface area contributed by atoms with E-state index in [9.17, 15) is 14.4 Å². The zero-order chi connectivity index (χ0) is 16.0. The maximum absolute atomic E-state index is 11.8. The van der Waals surface area contributed by atoms with Crippen LogP contribution in [0.25, 0.3) is 0 Å². The van der Waals surface area contributed by atoms with Crippen LogP contribution in [-0.2, 0) is 9.47 Å². The van der Waals surface area contributed by atoms with Gasteiger partial charge in [-0.1, -0.05) is 0 Å². The van der Waals surface area contributed by atoms with Gasteiger partial charge in [0.2, 0.25) is 0 Å². The molecule has 0 radical (unpaired) electrons. The zero-order valence-electron chi connectivity index (χ0n) is 12.4. The number of methoxy groups -OCH3 is 1. The minimum absolute atomic E-state index is 0.277. The predicted molar refractivity (Wildman–Crippen MR) is 74.6 cm³/mol. The van der Waals surface area contributed by atoms with Crippen molar-refractivity contribution in [2.24, 2.45) is 0 Å². The summed E-state index contributed by atoms with van der Waals surface area (Å²) < 4.78 is 9.51. The van der Waals surface area contributed by atoms with Gasteiger partial charge >= 0.3 is 12.1 Å². The Bertz CT molecular complexity index is 531. The van der Waals surface area contributed by atoms with E-state index in [2.05, 4.69) is 15.6 Å². The summed E-state index contributed by atoms with van der Waals surface area (Å²) in [6, 6.07) is 5.79. The molecule has 0 saturated heterocycles. The monoisotopic (exact) mass is 294 g/mol. The van der Waals surface area contributed by atoms with Gasteiger partial charge in [0.25, 0.3) is 5.91 Å². The Morgan fingerprint density at radius 2 is 1.48 bits per heavy atom. The van der Waals surface area contributed by atoms with E-state index >= 15 is 0 Å². The molecule has 114 valence electrons. The van der Waals surface area contributed by atoms with Crippen LogP contribution in [-0.4, -0.2) is 30.7 Å². The standard InChI is InChI=1S/C14H18N2O5/c1-14(2,3)21-13(19)16-15-11(17)9-5-7-10(8-6-9)12(18)20-4/h5-8H,1-4H3,(H,15,17)(H,16,19). The van der Waals surface area contributed by atoms with Crippen molar-refractivity contribution < 1.29 is 23.9 Å². The van der Waals surface area contributed by atoms with E-state index in [0.717, 1.165) is 0 Å². The fourth-order valence-electron chi connectivity index (χ4n) is 1.36. The molecule has 0 fully saturated rings. The predicted octanol–water partition coefficient (Wildman–Crippen LogP) is 1.64. The third-order valence-electron chi connectivity index (χ3n) is 2.25. The van der Waals surface area contributed by atoms with Crippen LogP contribution in [0.2, 0.25) is 0 Å². The number of amides is 2. The van der Waals surface area contributed by atoms with E-state index < -0.39 is 23.6 Å². The van der Waals surface area contributed by atoms with Crippen molar-refractivity contribution in [3.8, 4) is 0 Å². The highest BCUT2D eigenvalue weighted by atomic mass is 16.6. The molecule has 0 bridgehead atoms. The molecule has 0 aromatic heterocycles. The van der Waals surface area contributed by atoms with Gasteiger partial charge in [-0.2, -0.15) is 0 Å². The number of hydrazine groups is 1. The van der Waals surface area contributed by atoms with Crippen LogP contribution in [0.4, 0.5) is 4.79 Å². The zero-order valence-corrected chi connectivity index (χ0v) is 12.4. The van der Waals surface area contributed by atoms with Gasteiger partial charge in [-0.3, -0.25) is 10.2 Å². The summed E-state index contributed by atoms with van der Waals surface area (Å²) in [5, 5.41) is 0. The molecule has 0 saturated carbocycles. The molecule has 7 heteroatoms. The SMILES string of the molecule is COC(=O)c1ccc(C(=O)NNC(=O)OC(C)(C)C)cc1. The number of hydrogen-bond donors (Lipinski definition) is 2. The largest absolute Gasteiger partial charge is 0.465 e. The third kappa shape index (κ3) is 5.52. The fraction of sp³-hybridized carbons (Fsp3) is 0.357. The van der Waals surface area contributed by atoms with E-state index in [1.807, 2.05) is 0 Å². The van der Waals surface area contributed by atoms with E-state index in [-0.39, 0.29) is 5.56 Å². The quantitative estimate of drug-likeness (QED) is 0.639. The van der Waals surface area contributed by atoms with Crippen LogP contribution in [0.5, 0.6) is 0 Å². The van der Waals surface area contributed by atoms with Crippen molar-refractivity contribution in [2.75, 3.05) is 7.11 Å². The molecule has 0 atom stereocenters. The third-order valence-corrected chi connectivity index (χ3v) is 2.25. The normalized spacial score (nSPS) is 10.5. The van der Waals surface area contributed by atoms with Gasteiger partial charge in [0.05, 0.1) is 12.7 Å². The lowest BCUT2D eigenvalue weighted by Gasteiger charge is -2.19. The van der Waals surface area contributed by atoms with Gasteiger partial charge in [0.1, 0.15) is 5.60 Å². The van der Waals surface area contributed by atoms with Crippen LogP contribution in [0, 0.1) is 0 Å². The number of carbonyl (C=O) groups excluding carboxylic acids is 3. The summed E-state index contributed by atoms with van der Waals surface area (Å²) in [7, 11) is 1.27. The highest BCUT2D eigenvalue weighted by Crippen LogP contribution is 2.07. The molecule has 0 aliphatic heterocycles. The summed E-state index contributed by atoms with van der Waals surface area (Å²) in [5.41, 5.74) is 4.29. The highest BCUT2D eigenvalue weighted by Gasteiger charge is 2.16. The molecule has 2 amide bonds. The Morgan fingerprint density at radius 1 is 0.952 bits per heavy atom. The minimum Gasteiger partial charge on any atom is -0.465 e. The number of benzene rings is 1. The molecule has 0 spiro atoms. The Balaban J connectivity index is 2.56. The smallest absolute Gasteiger partial charge is 0.426 e. The minimum atomic E-state index is -0.762. The number of carbonyl (C=O) groups is 3. The Hall–Kier alpha value is -2.57. The molecule has 21 heavy (non-hydrogen) atoms. The van der Waals surface area contributed by atoms with E-state index in [0.29, 0.717) is 5.56 Å². The molecule has 1 aromatic rings. The molecule has 2 N–H and O–H groups in total.